The number of aromatic amines is 1. The van der Waals surface area contributed by atoms with Gasteiger partial charge >= 0.3 is 0 Å². The van der Waals surface area contributed by atoms with Gasteiger partial charge in [-0.3, -0.25) is 14.4 Å². The number of benzene rings is 3. The molecule has 2 aromatic heterocycles. The molecule has 0 unspecified atom stereocenters. The van der Waals surface area contributed by atoms with E-state index in [9.17, 15) is 4.79 Å². The number of hydrogen-bond donors (Lipinski definition) is 1. The number of hydrogen-bond acceptors (Lipinski definition) is 2. The largest absolute Gasteiger partial charge is 0.378 e. The SMILES string of the molecule is CN(C)c1ccc(C(=O)c2c3ccccc3n3[nH]c(-c4ccccc4)cc23)cc1. The van der Waals surface area contributed by atoms with Crippen LogP contribution in [0.15, 0.2) is 84.9 Å². The summed E-state index contributed by atoms with van der Waals surface area (Å²) in [6, 6.07) is 28.0. The van der Waals surface area contributed by atoms with Crippen molar-refractivity contribution in [1.29, 1.82) is 0 Å². The molecule has 0 spiro atoms. The van der Waals surface area contributed by atoms with Crippen molar-refractivity contribution in [3.05, 3.63) is 96.1 Å². The Morgan fingerprint density at radius 2 is 1.52 bits per heavy atom. The molecule has 2 heterocycles. The third kappa shape index (κ3) is 2.81. The van der Waals surface area contributed by atoms with Crippen LogP contribution in [-0.4, -0.2) is 29.5 Å². The first-order valence-electron chi connectivity index (χ1n) is 9.63. The highest BCUT2D eigenvalue weighted by Gasteiger charge is 2.21. The molecule has 0 saturated heterocycles. The van der Waals surface area contributed by atoms with E-state index in [0.29, 0.717) is 5.56 Å². The van der Waals surface area contributed by atoms with Crippen molar-refractivity contribution in [2.45, 2.75) is 0 Å². The van der Waals surface area contributed by atoms with Gasteiger partial charge in [0.25, 0.3) is 0 Å². The molecule has 0 atom stereocenters. The highest BCUT2D eigenvalue weighted by Crippen LogP contribution is 2.32. The maximum absolute atomic E-state index is 13.5. The molecular weight excluding hydrogens is 358 g/mol. The van der Waals surface area contributed by atoms with Gasteiger partial charge in [-0.25, -0.2) is 0 Å². The number of rotatable bonds is 4. The molecule has 0 radical (unpaired) electrons. The fourth-order valence-corrected chi connectivity index (χ4v) is 3.87. The minimum absolute atomic E-state index is 0.0348. The Morgan fingerprint density at radius 1 is 0.828 bits per heavy atom. The van der Waals surface area contributed by atoms with Gasteiger partial charge in [-0.2, -0.15) is 0 Å². The molecule has 0 aliphatic heterocycles. The van der Waals surface area contributed by atoms with Crippen LogP contribution >= 0.6 is 0 Å². The maximum atomic E-state index is 13.5. The van der Waals surface area contributed by atoms with Crippen molar-refractivity contribution in [1.82, 2.24) is 9.61 Å². The number of aromatic nitrogens is 2. The first-order valence-corrected chi connectivity index (χ1v) is 9.63. The average molecular weight is 379 g/mol. The highest BCUT2D eigenvalue weighted by atomic mass is 16.1. The van der Waals surface area contributed by atoms with Crippen LogP contribution in [0.5, 0.6) is 0 Å². The topological polar surface area (TPSA) is 40.5 Å². The summed E-state index contributed by atoms with van der Waals surface area (Å²) in [6.45, 7) is 0. The van der Waals surface area contributed by atoms with Gasteiger partial charge in [0, 0.05) is 30.7 Å². The van der Waals surface area contributed by atoms with Crippen molar-refractivity contribution >= 4 is 27.9 Å². The highest BCUT2D eigenvalue weighted by molar-refractivity contribution is 6.21. The number of H-pyrrole nitrogens is 1. The molecule has 5 aromatic rings. The second-order valence-electron chi connectivity index (χ2n) is 7.42. The molecule has 0 bridgehead atoms. The zero-order valence-corrected chi connectivity index (χ0v) is 16.4. The van der Waals surface area contributed by atoms with E-state index in [-0.39, 0.29) is 5.78 Å². The van der Waals surface area contributed by atoms with Crippen LogP contribution in [0.1, 0.15) is 15.9 Å². The molecule has 0 fully saturated rings. The van der Waals surface area contributed by atoms with Crippen molar-refractivity contribution in [2.24, 2.45) is 0 Å². The number of carbonyl (C=O) groups excluding carboxylic acids is 1. The summed E-state index contributed by atoms with van der Waals surface area (Å²) in [7, 11) is 3.99. The Labute approximate surface area is 169 Å². The lowest BCUT2D eigenvalue weighted by Gasteiger charge is -2.12. The quantitative estimate of drug-likeness (QED) is 0.426. The lowest BCUT2D eigenvalue weighted by molar-refractivity contribution is 0.104. The smallest absolute Gasteiger partial charge is 0.195 e. The van der Waals surface area contributed by atoms with E-state index in [0.717, 1.165) is 38.9 Å². The maximum Gasteiger partial charge on any atom is 0.195 e. The zero-order chi connectivity index (χ0) is 20.0. The van der Waals surface area contributed by atoms with Crippen LogP contribution in [0.4, 0.5) is 5.69 Å². The number of nitrogens with zero attached hydrogens (tertiary/aromatic N) is 2. The third-order valence-electron chi connectivity index (χ3n) is 5.38. The molecule has 0 aliphatic rings. The molecule has 5 rings (SSSR count). The van der Waals surface area contributed by atoms with E-state index in [1.807, 2.05) is 90.2 Å². The normalized spacial score (nSPS) is 11.2. The summed E-state index contributed by atoms with van der Waals surface area (Å²) < 4.78 is 2.01. The predicted molar refractivity (Wildman–Crippen MR) is 119 cm³/mol. The Kier molecular flexibility index (Phi) is 3.98. The molecule has 3 aromatic carbocycles. The predicted octanol–water partition coefficient (Wildman–Crippen LogP) is 5.38. The monoisotopic (exact) mass is 379 g/mol. The number of nitrogens with one attached hydrogen (secondary N) is 1. The van der Waals surface area contributed by atoms with Gasteiger partial charge in [0.15, 0.2) is 5.78 Å². The molecule has 1 N–H and O–H groups in total. The fourth-order valence-electron chi connectivity index (χ4n) is 3.87. The number of ketones is 1. The minimum Gasteiger partial charge on any atom is -0.378 e. The Morgan fingerprint density at radius 3 is 2.24 bits per heavy atom. The first-order chi connectivity index (χ1) is 14.1. The second kappa shape index (κ2) is 6.67. The second-order valence-corrected chi connectivity index (χ2v) is 7.42. The van der Waals surface area contributed by atoms with E-state index in [4.69, 9.17) is 0 Å². The average Bonchev–Trinajstić information content (AvgIpc) is 3.31. The minimum atomic E-state index is 0.0348. The van der Waals surface area contributed by atoms with Crippen molar-refractivity contribution < 1.29 is 4.79 Å². The molecule has 4 nitrogen and oxygen atoms in total. The lowest BCUT2D eigenvalue weighted by Crippen LogP contribution is -2.09. The summed E-state index contributed by atoms with van der Waals surface area (Å²) in [5.41, 5.74) is 6.47. The van der Waals surface area contributed by atoms with Gasteiger partial charge in [-0.1, -0.05) is 48.5 Å². The molecule has 0 saturated carbocycles. The number of anilines is 1. The van der Waals surface area contributed by atoms with E-state index in [2.05, 4.69) is 23.3 Å². The number of para-hydroxylation sites is 1. The lowest BCUT2D eigenvalue weighted by atomic mass is 10.0. The van der Waals surface area contributed by atoms with Gasteiger partial charge in [0.2, 0.25) is 0 Å². The van der Waals surface area contributed by atoms with Crippen LogP contribution in [0, 0.1) is 0 Å². The fraction of sp³-hybridized carbons (Fsp3) is 0.0800. The molecule has 29 heavy (non-hydrogen) atoms. The van der Waals surface area contributed by atoms with Crippen LogP contribution in [0.2, 0.25) is 0 Å². The van der Waals surface area contributed by atoms with Gasteiger partial charge in [-0.15, -0.1) is 0 Å². The van der Waals surface area contributed by atoms with E-state index in [1.54, 1.807) is 0 Å². The van der Waals surface area contributed by atoms with Crippen molar-refractivity contribution in [3.8, 4) is 11.3 Å². The summed E-state index contributed by atoms with van der Waals surface area (Å²) in [5.74, 6) is 0.0348. The summed E-state index contributed by atoms with van der Waals surface area (Å²) >= 11 is 0. The summed E-state index contributed by atoms with van der Waals surface area (Å²) in [6.07, 6.45) is 0. The Balaban J connectivity index is 1.70. The summed E-state index contributed by atoms with van der Waals surface area (Å²) in [5, 5.41) is 4.42. The zero-order valence-electron chi connectivity index (χ0n) is 16.4. The van der Waals surface area contributed by atoms with Gasteiger partial charge in [0.05, 0.1) is 22.3 Å². The van der Waals surface area contributed by atoms with Crippen LogP contribution in [0.3, 0.4) is 0 Å². The molecular formula is C25H21N3O. The third-order valence-corrected chi connectivity index (χ3v) is 5.38. The van der Waals surface area contributed by atoms with E-state index < -0.39 is 0 Å². The standard InChI is InChI=1S/C25H21N3O/c1-27(2)19-14-12-18(13-15-19)25(29)24-20-10-6-7-11-22(20)28-23(24)16-21(26-28)17-8-4-3-5-9-17/h3-16,26H,1-2H3. The summed E-state index contributed by atoms with van der Waals surface area (Å²) in [4.78, 5) is 15.5. The van der Waals surface area contributed by atoms with Gasteiger partial charge < -0.3 is 4.90 Å². The van der Waals surface area contributed by atoms with Crippen molar-refractivity contribution in [3.63, 3.8) is 0 Å². The first kappa shape index (κ1) is 17.3. The van der Waals surface area contributed by atoms with E-state index >= 15 is 0 Å². The van der Waals surface area contributed by atoms with E-state index in [1.165, 1.54) is 0 Å². The number of carbonyl (C=O) groups is 1. The van der Waals surface area contributed by atoms with Crippen molar-refractivity contribution in [2.75, 3.05) is 19.0 Å². The Bertz CT molecular complexity index is 1330. The molecule has 142 valence electrons. The Hall–Kier alpha value is -3.79. The van der Waals surface area contributed by atoms with Crippen LogP contribution < -0.4 is 4.90 Å². The molecule has 0 amide bonds. The van der Waals surface area contributed by atoms with Gasteiger partial charge in [0.1, 0.15) is 0 Å². The van der Waals surface area contributed by atoms with Crippen LogP contribution in [-0.2, 0) is 0 Å². The molecule has 4 heteroatoms. The van der Waals surface area contributed by atoms with Crippen LogP contribution in [0.25, 0.3) is 27.7 Å². The molecule has 0 aliphatic carbocycles. The van der Waals surface area contributed by atoms with Gasteiger partial charge in [-0.05, 0) is 42.0 Å². The number of fused-ring (bicyclic) bond motifs is 3.